The standard InChI is InChI=1S/C10H18N2O/c1-2-7-11-10(13)12-8-3-4-9(12)6-5-8/h8-9H,2-7H2,1H3,(H,11,13). The van der Waals surface area contributed by atoms with E-state index in [-0.39, 0.29) is 6.03 Å². The molecule has 0 aromatic rings. The van der Waals surface area contributed by atoms with Crippen molar-refractivity contribution in [3.8, 4) is 0 Å². The van der Waals surface area contributed by atoms with Crippen molar-refractivity contribution in [1.29, 1.82) is 0 Å². The third kappa shape index (κ3) is 1.52. The third-order valence-electron chi connectivity index (χ3n) is 3.21. The molecular formula is C10H18N2O. The second kappa shape index (κ2) is 3.56. The molecule has 13 heavy (non-hydrogen) atoms. The quantitative estimate of drug-likeness (QED) is 0.693. The molecule has 3 heteroatoms. The predicted octanol–water partition coefficient (Wildman–Crippen LogP) is 1.73. The van der Waals surface area contributed by atoms with Crippen molar-refractivity contribution in [2.75, 3.05) is 6.54 Å². The van der Waals surface area contributed by atoms with Gasteiger partial charge in [0.1, 0.15) is 0 Å². The highest BCUT2D eigenvalue weighted by atomic mass is 16.2. The maximum Gasteiger partial charge on any atom is 0.317 e. The number of nitrogens with zero attached hydrogens (tertiary/aromatic N) is 1. The highest BCUT2D eigenvalue weighted by Gasteiger charge is 2.41. The van der Waals surface area contributed by atoms with Crippen LogP contribution in [0.25, 0.3) is 0 Å². The average molecular weight is 182 g/mol. The molecule has 2 heterocycles. The molecule has 2 saturated heterocycles. The monoisotopic (exact) mass is 182 g/mol. The lowest BCUT2D eigenvalue weighted by Gasteiger charge is -2.22. The van der Waals surface area contributed by atoms with E-state index in [4.69, 9.17) is 0 Å². The van der Waals surface area contributed by atoms with Gasteiger partial charge in [-0.3, -0.25) is 0 Å². The Morgan fingerprint density at radius 1 is 1.31 bits per heavy atom. The van der Waals surface area contributed by atoms with Crippen LogP contribution >= 0.6 is 0 Å². The van der Waals surface area contributed by atoms with Crippen LogP contribution in [0, 0.1) is 0 Å². The molecule has 2 fully saturated rings. The summed E-state index contributed by atoms with van der Waals surface area (Å²) in [6.45, 7) is 2.90. The molecule has 0 spiro atoms. The minimum Gasteiger partial charge on any atom is -0.338 e. The van der Waals surface area contributed by atoms with Gasteiger partial charge in [0.15, 0.2) is 0 Å². The number of rotatable bonds is 2. The van der Waals surface area contributed by atoms with Gasteiger partial charge in [-0.25, -0.2) is 4.79 Å². The number of hydrogen-bond donors (Lipinski definition) is 1. The van der Waals surface area contributed by atoms with E-state index in [9.17, 15) is 4.79 Å². The summed E-state index contributed by atoms with van der Waals surface area (Å²) in [7, 11) is 0. The lowest BCUT2D eigenvalue weighted by atomic mass is 10.0. The molecule has 2 aliphatic heterocycles. The fourth-order valence-electron chi connectivity index (χ4n) is 2.57. The minimum absolute atomic E-state index is 0.173. The Morgan fingerprint density at radius 3 is 2.31 bits per heavy atom. The Labute approximate surface area is 79.5 Å². The van der Waals surface area contributed by atoms with E-state index in [0.717, 1.165) is 13.0 Å². The van der Waals surface area contributed by atoms with Crippen LogP contribution < -0.4 is 5.32 Å². The molecule has 0 aromatic heterocycles. The molecule has 1 N–H and O–H groups in total. The van der Waals surface area contributed by atoms with E-state index in [1.54, 1.807) is 0 Å². The number of urea groups is 1. The lowest BCUT2D eigenvalue weighted by molar-refractivity contribution is 0.192. The highest BCUT2D eigenvalue weighted by molar-refractivity contribution is 5.75. The number of hydrogen-bond acceptors (Lipinski definition) is 1. The van der Waals surface area contributed by atoms with Gasteiger partial charge in [0.25, 0.3) is 0 Å². The fourth-order valence-corrected chi connectivity index (χ4v) is 2.57. The van der Waals surface area contributed by atoms with Gasteiger partial charge in [-0.1, -0.05) is 6.92 Å². The van der Waals surface area contributed by atoms with Gasteiger partial charge in [0.05, 0.1) is 0 Å². The van der Waals surface area contributed by atoms with Crippen molar-refractivity contribution >= 4 is 6.03 Å². The highest BCUT2D eigenvalue weighted by Crippen LogP contribution is 2.37. The SMILES string of the molecule is CCCNC(=O)N1C2CCC1CC2. The summed E-state index contributed by atoms with van der Waals surface area (Å²) >= 11 is 0. The lowest BCUT2D eigenvalue weighted by Crippen LogP contribution is -2.43. The molecule has 0 aliphatic carbocycles. The van der Waals surface area contributed by atoms with Crippen LogP contribution in [0.2, 0.25) is 0 Å². The normalized spacial score (nSPS) is 31.0. The molecule has 3 nitrogen and oxygen atoms in total. The summed E-state index contributed by atoms with van der Waals surface area (Å²) in [4.78, 5) is 13.8. The zero-order valence-electron chi connectivity index (χ0n) is 8.25. The largest absolute Gasteiger partial charge is 0.338 e. The summed E-state index contributed by atoms with van der Waals surface area (Å²) in [6.07, 6.45) is 5.93. The van der Waals surface area contributed by atoms with Gasteiger partial charge in [0, 0.05) is 18.6 Å². The second-order valence-electron chi connectivity index (χ2n) is 4.10. The molecule has 0 atom stereocenters. The summed E-state index contributed by atoms with van der Waals surface area (Å²) in [5.41, 5.74) is 0. The molecule has 0 radical (unpaired) electrons. The Bertz CT molecular complexity index is 185. The first-order valence-electron chi connectivity index (χ1n) is 5.39. The molecule has 2 aliphatic rings. The molecule has 2 rings (SSSR count). The van der Waals surface area contributed by atoms with Gasteiger partial charge in [0.2, 0.25) is 0 Å². The van der Waals surface area contributed by atoms with E-state index in [0.29, 0.717) is 12.1 Å². The van der Waals surface area contributed by atoms with Crippen LogP contribution in [0.3, 0.4) is 0 Å². The first-order chi connectivity index (χ1) is 6.33. The number of fused-ring (bicyclic) bond motifs is 2. The fraction of sp³-hybridized carbons (Fsp3) is 0.900. The number of carbonyl (C=O) groups excluding carboxylic acids is 1. The van der Waals surface area contributed by atoms with Gasteiger partial charge < -0.3 is 10.2 Å². The van der Waals surface area contributed by atoms with E-state index in [1.165, 1.54) is 25.7 Å². The van der Waals surface area contributed by atoms with Crippen LogP contribution in [0.1, 0.15) is 39.0 Å². The molecule has 0 saturated carbocycles. The maximum atomic E-state index is 11.7. The smallest absolute Gasteiger partial charge is 0.317 e. The molecule has 0 unspecified atom stereocenters. The van der Waals surface area contributed by atoms with Crippen LogP contribution in [-0.2, 0) is 0 Å². The average Bonchev–Trinajstić information content (AvgIpc) is 2.73. The van der Waals surface area contributed by atoms with Gasteiger partial charge in [-0.2, -0.15) is 0 Å². The Hall–Kier alpha value is -0.730. The van der Waals surface area contributed by atoms with E-state index in [2.05, 4.69) is 17.1 Å². The Balaban J connectivity index is 1.90. The van der Waals surface area contributed by atoms with Crippen molar-refractivity contribution in [2.45, 2.75) is 51.1 Å². The van der Waals surface area contributed by atoms with Crippen LogP contribution in [0.15, 0.2) is 0 Å². The molecule has 74 valence electrons. The van der Waals surface area contributed by atoms with E-state index < -0.39 is 0 Å². The molecular weight excluding hydrogens is 164 g/mol. The number of amides is 2. The van der Waals surface area contributed by atoms with Crippen molar-refractivity contribution < 1.29 is 4.79 Å². The van der Waals surface area contributed by atoms with Crippen molar-refractivity contribution in [3.63, 3.8) is 0 Å². The van der Waals surface area contributed by atoms with Crippen LogP contribution in [0.5, 0.6) is 0 Å². The molecule has 2 bridgehead atoms. The minimum atomic E-state index is 0.173. The van der Waals surface area contributed by atoms with E-state index in [1.807, 2.05) is 0 Å². The third-order valence-corrected chi connectivity index (χ3v) is 3.21. The summed E-state index contributed by atoms with van der Waals surface area (Å²) in [5.74, 6) is 0. The first-order valence-corrected chi connectivity index (χ1v) is 5.39. The van der Waals surface area contributed by atoms with Gasteiger partial charge >= 0.3 is 6.03 Å². The summed E-state index contributed by atoms with van der Waals surface area (Å²) in [6, 6.07) is 1.29. The van der Waals surface area contributed by atoms with Crippen LogP contribution in [0.4, 0.5) is 4.79 Å². The summed E-state index contributed by atoms with van der Waals surface area (Å²) < 4.78 is 0. The first kappa shape index (κ1) is 8.85. The zero-order valence-corrected chi connectivity index (χ0v) is 8.25. The molecule has 2 amide bonds. The van der Waals surface area contributed by atoms with Crippen molar-refractivity contribution in [3.05, 3.63) is 0 Å². The Kier molecular flexibility index (Phi) is 2.42. The van der Waals surface area contributed by atoms with Crippen LogP contribution in [-0.4, -0.2) is 29.6 Å². The maximum absolute atomic E-state index is 11.7. The van der Waals surface area contributed by atoms with Gasteiger partial charge in [-0.05, 0) is 32.1 Å². The van der Waals surface area contributed by atoms with Gasteiger partial charge in [-0.15, -0.1) is 0 Å². The van der Waals surface area contributed by atoms with Crippen molar-refractivity contribution in [2.24, 2.45) is 0 Å². The predicted molar refractivity (Wildman–Crippen MR) is 51.6 cm³/mol. The second-order valence-corrected chi connectivity index (χ2v) is 4.10. The topological polar surface area (TPSA) is 32.3 Å². The number of carbonyl (C=O) groups is 1. The number of nitrogens with one attached hydrogen (secondary N) is 1. The summed E-state index contributed by atoms with van der Waals surface area (Å²) in [5, 5.41) is 2.96. The van der Waals surface area contributed by atoms with Crippen molar-refractivity contribution in [1.82, 2.24) is 10.2 Å². The molecule has 0 aromatic carbocycles. The van der Waals surface area contributed by atoms with E-state index >= 15 is 0 Å². The zero-order chi connectivity index (χ0) is 9.26. The Morgan fingerprint density at radius 2 is 1.85 bits per heavy atom.